The van der Waals surface area contributed by atoms with Crippen molar-refractivity contribution in [3.63, 3.8) is 0 Å². The molecule has 0 aromatic heterocycles. The molecular formula is C36H30AsP3. The molecule has 0 N–H and O–H groups in total. The van der Waals surface area contributed by atoms with Crippen LogP contribution in [0.4, 0.5) is 0 Å². The summed E-state index contributed by atoms with van der Waals surface area (Å²) < 4.78 is 0. The predicted octanol–water partition coefficient (Wildman–Crippen LogP) is 7.37. The van der Waals surface area contributed by atoms with Crippen LogP contribution in [-0.2, 0) is 0 Å². The second-order valence-corrected chi connectivity index (χ2v) is 34.0. The fraction of sp³-hybridized carbons (Fsp3) is 0. The van der Waals surface area contributed by atoms with E-state index < -0.39 is 32.7 Å². The van der Waals surface area contributed by atoms with E-state index in [2.05, 4.69) is 182 Å². The van der Waals surface area contributed by atoms with Gasteiger partial charge in [-0.3, -0.25) is 0 Å². The summed E-state index contributed by atoms with van der Waals surface area (Å²) in [4.78, 5) is 0. The molecule has 6 aromatic carbocycles. The van der Waals surface area contributed by atoms with Crippen molar-refractivity contribution in [2.45, 2.75) is 0 Å². The van der Waals surface area contributed by atoms with E-state index in [4.69, 9.17) is 0 Å². The minimum absolute atomic E-state index is 0.584. The average molecular weight is 630 g/mol. The second kappa shape index (κ2) is 13.7. The van der Waals surface area contributed by atoms with E-state index in [-0.39, 0.29) is 0 Å². The molecule has 0 fully saturated rings. The maximum absolute atomic E-state index is 2.40. The molecule has 194 valence electrons. The Bertz CT molecular complexity index is 1270. The van der Waals surface area contributed by atoms with Gasteiger partial charge in [-0.25, -0.2) is 0 Å². The molecule has 0 saturated carbocycles. The van der Waals surface area contributed by atoms with Gasteiger partial charge in [-0.05, 0) is 0 Å². The molecule has 0 aliphatic heterocycles. The Morgan fingerprint density at radius 1 is 0.225 bits per heavy atom. The summed E-state index contributed by atoms with van der Waals surface area (Å²) in [5, 5.41) is 9.01. The molecule has 0 nitrogen and oxygen atoms in total. The van der Waals surface area contributed by atoms with Crippen LogP contribution in [0.2, 0.25) is 0 Å². The standard InChI is InChI=1S/C36H30AsP3/c1-7-19-31(20-8-1)38(32-21-9-2-10-22-32)37(39(33-23-11-3-12-24-33)34-25-13-4-14-26-34)40(35-27-15-5-16-28-35)36-29-17-6-18-30-36/h1-30H. The van der Waals surface area contributed by atoms with Crippen molar-refractivity contribution in [3.8, 4) is 0 Å². The molecule has 0 atom stereocenters. The quantitative estimate of drug-likeness (QED) is 0.116. The summed E-state index contributed by atoms with van der Waals surface area (Å²) >= 11 is -1.85. The molecule has 0 amide bonds. The van der Waals surface area contributed by atoms with Crippen molar-refractivity contribution in [2.75, 3.05) is 0 Å². The molecule has 0 aliphatic carbocycles. The molecular weight excluding hydrogens is 600 g/mol. The molecule has 40 heavy (non-hydrogen) atoms. The zero-order valence-corrected chi connectivity index (χ0v) is 26.7. The molecule has 0 heterocycles. The molecule has 6 aromatic rings. The number of benzene rings is 6. The van der Waals surface area contributed by atoms with Crippen molar-refractivity contribution < 1.29 is 0 Å². The second-order valence-electron chi connectivity index (χ2n) is 9.22. The Labute approximate surface area is 245 Å². The van der Waals surface area contributed by atoms with Gasteiger partial charge in [0, 0.05) is 0 Å². The van der Waals surface area contributed by atoms with Crippen LogP contribution in [0.3, 0.4) is 0 Å². The van der Waals surface area contributed by atoms with Gasteiger partial charge < -0.3 is 0 Å². The minimum atomic E-state index is -1.85. The van der Waals surface area contributed by atoms with Crippen LogP contribution in [0.5, 0.6) is 0 Å². The first kappa shape index (κ1) is 27.3. The van der Waals surface area contributed by atoms with Gasteiger partial charge in [-0.1, -0.05) is 0 Å². The van der Waals surface area contributed by atoms with Crippen molar-refractivity contribution in [3.05, 3.63) is 182 Å². The number of hydrogen-bond donors (Lipinski definition) is 0. The van der Waals surface area contributed by atoms with E-state index in [1.54, 1.807) is 0 Å². The molecule has 0 unspecified atom stereocenters. The predicted molar refractivity (Wildman–Crippen MR) is 183 cm³/mol. The van der Waals surface area contributed by atoms with Crippen LogP contribution in [0, 0.1) is 0 Å². The van der Waals surface area contributed by atoms with E-state index >= 15 is 0 Å². The number of hydrogen-bond acceptors (Lipinski definition) is 0. The first-order valence-corrected chi connectivity index (χ1v) is 24.8. The van der Waals surface area contributed by atoms with Gasteiger partial charge in [0.05, 0.1) is 0 Å². The maximum atomic E-state index is 2.40. The summed E-state index contributed by atoms with van der Waals surface area (Å²) in [6, 6.07) is 68.6. The molecule has 0 spiro atoms. The molecule has 0 saturated heterocycles. The Morgan fingerprint density at radius 2 is 0.375 bits per heavy atom. The summed E-state index contributed by atoms with van der Waals surface area (Å²) in [7, 11) is 0. The number of rotatable bonds is 9. The summed E-state index contributed by atoms with van der Waals surface area (Å²) in [5.74, 6) is 0. The van der Waals surface area contributed by atoms with Gasteiger partial charge in [0.25, 0.3) is 0 Å². The third-order valence-corrected chi connectivity index (χ3v) is 44.5. The molecule has 4 heteroatoms. The molecule has 0 aliphatic rings. The van der Waals surface area contributed by atoms with Crippen LogP contribution in [0.1, 0.15) is 0 Å². The Hall–Kier alpha value is -2.83. The normalized spacial score (nSPS) is 11.4. The fourth-order valence-electron chi connectivity index (χ4n) is 4.75. The van der Waals surface area contributed by atoms with Crippen molar-refractivity contribution in [1.29, 1.82) is 0 Å². The van der Waals surface area contributed by atoms with E-state index in [0.717, 1.165) is 0 Å². The van der Waals surface area contributed by atoms with E-state index in [1.165, 1.54) is 31.8 Å². The van der Waals surface area contributed by atoms with Gasteiger partial charge >= 0.3 is 247 Å². The topological polar surface area (TPSA) is 0 Å². The Balaban J connectivity index is 1.69. The van der Waals surface area contributed by atoms with E-state index in [9.17, 15) is 0 Å². The summed E-state index contributed by atoms with van der Waals surface area (Å²) in [5.41, 5.74) is 0. The van der Waals surface area contributed by atoms with Crippen LogP contribution < -0.4 is 31.8 Å². The van der Waals surface area contributed by atoms with E-state index in [1.807, 2.05) is 0 Å². The first-order valence-electron chi connectivity index (χ1n) is 13.4. The molecule has 0 radical (unpaired) electrons. The molecule has 6 rings (SSSR count). The summed E-state index contributed by atoms with van der Waals surface area (Å²) in [6.45, 7) is -1.75. The van der Waals surface area contributed by atoms with Gasteiger partial charge in [0.2, 0.25) is 0 Å². The first-order chi connectivity index (χ1) is 19.9. The van der Waals surface area contributed by atoms with Crippen molar-refractivity contribution in [2.24, 2.45) is 0 Å². The Kier molecular flexibility index (Phi) is 9.36. The molecule has 0 bridgehead atoms. The van der Waals surface area contributed by atoms with Crippen LogP contribution in [0.15, 0.2) is 182 Å². The van der Waals surface area contributed by atoms with Crippen LogP contribution >= 0.6 is 19.4 Å². The van der Waals surface area contributed by atoms with Crippen LogP contribution in [-0.4, -0.2) is 13.3 Å². The zero-order chi connectivity index (χ0) is 27.0. The van der Waals surface area contributed by atoms with Gasteiger partial charge in [0.15, 0.2) is 0 Å². The monoisotopic (exact) mass is 630 g/mol. The van der Waals surface area contributed by atoms with Crippen molar-refractivity contribution >= 4 is 64.6 Å². The average Bonchev–Trinajstić information content (AvgIpc) is 3.04. The van der Waals surface area contributed by atoms with E-state index in [0.29, 0.717) is 0 Å². The third-order valence-electron chi connectivity index (χ3n) is 6.54. The van der Waals surface area contributed by atoms with Gasteiger partial charge in [0.1, 0.15) is 0 Å². The fourth-order valence-corrected chi connectivity index (χ4v) is 54.0. The SMILES string of the molecule is c1ccc(P(c2ccccc2)[As](P(c2ccccc2)c2ccccc2)P(c2ccccc2)c2ccccc2)cc1. The van der Waals surface area contributed by atoms with Gasteiger partial charge in [-0.2, -0.15) is 0 Å². The third kappa shape index (κ3) is 6.23. The Morgan fingerprint density at radius 3 is 0.525 bits per heavy atom. The van der Waals surface area contributed by atoms with Crippen LogP contribution in [0.25, 0.3) is 0 Å². The van der Waals surface area contributed by atoms with Gasteiger partial charge in [-0.15, -0.1) is 0 Å². The zero-order valence-electron chi connectivity index (χ0n) is 22.1. The van der Waals surface area contributed by atoms with Crippen molar-refractivity contribution in [1.82, 2.24) is 0 Å². The summed E-state index contributed by atoms with van der Waals surface area (Å²) in [6.07, 6.45) is 0.